The van der Waals surface area contributed by atoms with Crippen molar-refractivity contribution < 1.29 is 9.53 Å². The highest BCUT2D eigenvalue weighted by atomic mass is 16.5. The van der Waals surface area contributed by atoms with Crippen LogP contribution in [0.3, 0.4) is 0 Å². The smallest absolute Gasteiger partial charge is 0.222 e. The van der Waals surface area contributed by atoms with Crippen molar-refractivity contribution in [1.29, 1.82) is 5.26 Å². The zero-order chi connectivity index (χ0) is 27.0. The number of anilines is 1. The van der Waals surface area contributed by atoms with Gasteiger partial charge in [0.25, 0.3) is 0 Å². The summed E-state index contributed by atoms with van der Waals surface area (Å²) in [6.45, 7) is 14.0. The van der Waals surface area contributed by atoms with E-state index in [1.54, 1.807) is 0 Å². The molecule has 198 valence electrons. The highest BCUT2D eigenvalue weighted by molar-refractivity contribution is 6.00. The van der Waals surface area contributed by atoms with Gasteiger partial charge in [-0.05, 0) is 51.3 Å². The van der Waals surface area contributed by atoms with Crippen LogP contribution < -0.4 is 4.90 Å². The molecule has 3 aromatic rings. The van der Waals surface area contributed by atoms with Crippen molar-refractivity contribution in [3.05, 3.63) is 40.2 Å². The van der Waals surface area contributed by atoms with Gasteiger partial charge in [0.2, 0.25) is 5.91 Å². The van der Waals surface area contributed by atoms with Crippen LogP contribution in [0.25, 0.3) is 22.0 Å². The van der Waals surface area contributed by atoms with Crippen LogP contribution >= 0.6 is 0 Å². The van der Waals surface area contributed by atoms with Gasteiger partial charge in [0, 0.05) is 73.6 Å². The summed E-state index contributed by atoms with van der Waals surface area (Å²) in [5, 5.41) is 16.3. The van der Waals surface area contributed by atoms with E-state index in [9.17, 15) is 10.1 Å². The Labute approximate surface area is 224 Å². The maximum absolute atomic E-state index is 12.2. The number of aromatic nitrogens is 3. The number of aryl methyl sites for hydroxylation is 2. The van der Waals surface area contributed by atoms with E-state index < -0.39 is 0 Å². The van der Waals surface area contributed by atoms with Gasteiger partial charge in [-0.2, -0.15) is 10.4 Å². The number of likely N-dealkylation sites (tertiary alicyclic amines) is 1. The third-order valence-electron chi connectivity index (χ3n) is 8.91. The molecule has 0 bridgehead atoms. The van der Waals surface area contributed by atoms with Gasteiger partial charge in [-0.25, -0.2) is 4.98 Å². The number of rotatable bonds is 3. The highest BCUT2D eigenvalue weighted by Crippen LogP contribution is 2.47. The molecular weight excluding hydrogens is 476 g/mol. The molecule has 0 N–H and O–H groups in total. The van der Waals surface area contributed by atoms with Crippen molar-refractivity contribution in [2.24, 2.45) is 12.5 Å². The van der Waals surface area contributed by atoms with Crippen LogP contribution in [-0.2, 0) is 29.6 Å². The molecule has 0 aliphatic carbocycles. The summed E-state index contributed by atoms with van der Waals surface area (Å²) in [5.41, 5.74) is 7.74. The third-order valence-corrected chi connectivity index (χ3v) is 8.91. The van der Waals surface area contributed by atoms with E-state index in [0.29, 0.717) is 25.0 Å². The lowest BCUT2D eigenvalue weighted by molar-refractivity contribution is -0.141. The normalized spacial score (nSPS) is 19.5. The number of carbonyl (C=O) groups is 1. The van der Waals surface area contributed by atoms with E-state index in [2.05, 4.69) is 49.8 Å². The summed E-state index contributed by atoms with van der Waals surface area (Å²) in [4.78, 5) is 21.7. The Morgan fingerprint density at radius 3 is 2.68 bits per heavy atom. The number of nitriles is 1. The zero-order valence-electron chi connectivity index (χ0n) is 23.3. The van der Waals surface area contributed by atoms with Crippen LogP contribution in [0.4, 0.5) is 5.82 Å². The second-order valence-corrected chi connectivity index (χ2v) is 12.1. The zero-order valence-corrected chi connectivity index (χ0v) is 23.3. The first-order valence-corrected chi connectivity index (χ1v) is 13.6. The lowest BCUT2D eigenvalue weighted by Gasteiger charge is -2.48. The molecule has 1 amide bonds. The Morgan fingerprint density at radius 1 is 1.21 bits per heavy atom. The van der Waals surface area contributed by atoms with Crippen molar-refractivity contribution >= 4 is 22.6 Å². The fourth-order valence-corrected chi connectivity index (χ4v) is 6.72. The average molecular weight is 513 g/mol. The molecule has 0 saturated carbocycles. The van der Waals surface area contributed by atoms with Gasteiger partial charge in [0.05, 0.1) is 29.6 Å². The molecule has 2 fully saturated rings. The minimum Gasteiger partial charge on any atom is -0.370 e. The van der Waals surface area contributed by atoms with E-state index in [1.165, 1.54) is 5.56 Å². The molecule has 5 heterocycles. The second kappa shape index (κ2) is 8.54. The molecule has 2 aromatic heterocycles. The lowest BCUT2D eigenvalue weighted by atomic mass is 9.79. The van der Waals surface area contributed by atoms with Gasteiger partial charge in [-0.15, -0.1) is 0 Å². The Balaban J connectivity index is 1.54. The van der Waals surface area contributed by atoms with Crippen LogP contribution in [0.1, 0.15) is 61.6 Å². The molecule has 1 spiro atoms. The van der Waals surface area contributed by atoms with Crippen LogP contribution in [0, 0.1) is 30.6 Å². The third kappa shape index (κ3) is 3.70. The lowest BCUT2D eigenvalue weighted by Crippen LogP contribution is -2.59. The van der Waals surface area contributed by atoms with E-state index in [0.717, 1.165) is 77.3 Å². The maximum atomic E-state index is 12.2. The molecule has 6 rings (SSSR count). The van der Waals surface area contributed by atoms with Crippen molar-refractivity contribution in [3.8, 4) is 17.2 Å². The molecule has 3 aliphatic rings. The fourth-order valence-electron chi connectivity index (χ4n) is 6.72. The highest BCUT2D eigenvalue weighted by Gasteiger charge is 2.50. The van der Waals surface area contributed by atoms with Gasteiger partial charge in [-0.3, -0.25) is 9.48 Å². The Bertz CT molecular complexity index is 1520. The first-order chi connectivity index (χ1) is 18.1. The van der Waals surface area contributed by atoms with Gasteiger partial charge >= 0.3 is 0 Å². The first kappa shape index (κ1) is 24.9. The molecule has 0 atom stereocenters. The summed E-state index contributed by atoms with van der Waals surface area (Å²) in [7, 11) is 1.96. The summed E-state index contributed by atoms with van der Waals surface area (Å²) < 4.78 is 8.21. The summed E-state index contributed by atoms with van der Waals surface area (Å²) >= 11 is 0. The minimum absolute atomic E-state index is 0.0895. The van der Waals surface area contributed by atoms with E-state index in [4.69, 9.17) is 9.72 Å². The molecule has 2 saturated heterocycles. The standard InChI is InChI=1S/C30H36N6O2/c1-7-24(37)36-16-30(17-36)8-9-35(15-30)28-21(12-31)26(22-14-38-29(4,5)11-23(22)33-28)25-19(3)18(2)10-20-13-32-34(6)27(20)25/h10,13H,7-9,11,14-17H2,1-6H3. The van der Waals surface area contributed by atoms with E-state index >= 15 is 0 Å². The molecule has 1 aromatic carbocycles. The molecule has 0 radical (unpaired) electrons. The quantitative estimate of drug-likeness (QED) is 0.516. The van der Waals surface area contributed by atoms with Gasteiger partial charge in [0.15, 0.2) is 0 Å². The SMILES string of the molecule is CCC(=O)N1CC2(CCN(c3nc4c(c(-c5c(C)c(C)cc6cnn(C)c56)c3C#N)COC(C)(C)C4)C2)C1. The summed E-state index contributed by atoms with van der Waals surface area (Å²) in [6, 6.07) is 4.75. The fraction of sp³-hybridized carbons (Fsp3) is 0.533. The van der Waals surface area contributed by atoms with Crippen LogP contribution in [0.2, 0.25) is 0 Å². The van der Waals surface area contributed by atoms with Crippen molar-refractivity contribution in [1.82, 2.24) is 19.7 Å². The molecular formula is C30H36N6O2. The van der Waals surface area contributed by atoms with Crippen LogP contribution in [-0.4, -0.2) is 57.4 Å². The number of ether oxygens (including phenoxy) is 1. The number of amides is 1. The van der Waals surface area contributed by atoms with Crippen molar-refractivity contribution in [2.45, 2.75) is 66.1 Å². The van der Waals surface area contributed by atoms with E-state index in [1.807, 2.05) is 29.7 Å². The number of pyridine rings is 1. The molecule has 3 aliphatic heterocycles. The molecule has 8 nitrogen and oxygen atoms in total. The Hall–Kier alpha value is -3.44. The number of carbonyl (C=O) groups excluding carboxylic acids is 1. The predicted molar refractivity (Wildman–Crippen MR) is 147 cm³/mol. The Kier molecular flexibility index (Phi) is 5.59. The van der Waals surface area contributed by atoms with Gasteiger partial charge in [0.1, 0.15) is 17.5 Å². The Morgan fingerprint density at radius 2 is 1.97 bits per heavy atom. The number of nitrogens with zero attached hydrogens (tertiary/aromatic N) is 6. The molecule has 38 heavy (non-hydrogen) atoms. The minimum atomic E-state index is -0.326. The van der Waals surface area contributed by atoms with Crippen molar-refractivity contribution in [3.63, 3.8) is 0 Å². The molecule has 8 heteroatoms. The second-order valence-electron chi connectivity index (χ2n) is 12.1. The average Bonchev–Trinajstić information content (AvgIpc) is 3.46. The number of hydrogen-bond donors (Lipinski definition) is 0. The number of benzene rings is 1. The monoisotopic (exact) mass is 512 g/mol. The summed E-state index contributed by atoms with van der Waals surface area (Å²) in [5.74, 6) is 0.991. The number of hydrogen-bond acceptors (Lipinski definition) is 6. The van der Waals surface area contributed by atoms with Gasteiger partial charge < -0.3 is 14.5 Å². The summed E-state index contributed by atoms with van der Waals surface area (Å²) in [6.07, 6.45) is 4.13. The van der Waals surface area contributed by atoms with Crippen LogP contribution in [0.5, 0.6) is 0 Å². The maximum Gasteiger partial charge on any atom is 0.222 e. The van der Waals surface area contributed by atoms with E-state index in [-0.39, 0.29) is 16.9 Å². The first-order valence-electron chi connectivity index (χ1n) is 13.6. The van der Waals surface area contributed by atoms with Crippen LogP contribution in [0.15, 0.2) is 12.3 Å². The van der Waals surface area contributed by atoms with Crippen molar-refractivity contribution in [2.75, 3.05) is 31.1 Å². The van der Waals surface area contributed by atoms with Gasteiger partial charge in [-0.1, -0.05) is 6.92 Å². The topological polar surface area (TPSA) is 87.3 Å². The predicted octanol–water partition coefficient (Wildman–Crippen LogP) is 4.42. The molecule has 0 unspecified atom stereocenters. The largest absolute Gasteiger partial charge is 0.370 e. The number of fused-ring (bicyclic) bond motifs is 2.